The quantitative estimate of drug-likeness (QED) is 0.478. The number of ether oxygens (including phenoxy) is 1. The highest BCUT2D eigenvalue weighted by Crippen LogP contribution is 2.40. The fraction of sp³-hybridized carbons (Fsp3) is 0.200. The minimum atomic E-state index is -1.12. The van der Waals surface area contributed by atoms with Crippen molar-refractivity contribution in [3.05, 3.63) is 71.0 Å². The van der Waals surface area contributed by atoms with Crippen molar-refractivity contribution < 1.29 is 28.9 Å². The zero-order valence-corrected chi connectivity index (χ0v) is 14.6. The van der Waals surface area contributed by atoms with E-state index < -0.39 is 35.9 Å². The lowest BCUT2D eigenvalue weighted by atomic mass is 9.95. The van der Waals surface area contributed by atoms with Crippen LogP contribution >= 0.6 is 0 Å². The number of carbonyl (C=O) groups is 2. The number of Topliss-reactive ketones (excluding diaryl/α,β-unsaturated/α-hetero) is 1. The number of methoxy groups -OCH3 is 1. The van der Waals surface area contributed by atoms with Crippen molar-refractivity contribution in [1.82, 2.24) is 4.90 Å². The van der Waals surface area contributed by atoms with Crippen LogP contribution in [0.15, 0.2) is 54.1 Å². The van der Waals surface area contributed by atoms with E-state index in [0.717, 1.165) is 4.90 Å². The van der Waals surface area contributed by atoms with Gasteiger partial charge in [-0.2, -0.15) is 0 Å². The molecule has 6 nitrogen and oxygen atoms in total. The van der Waals surface area contributed by atoms with E-state index in [4.69, 9.17) is 4.74 Å². The average molecular weight is 371 g/mol. The third-order valence-electron chi connectivity index (χ3n) is 4.44. The first-order valence-corrected chi connectivity index (χ1v) is 8.27. The van der Waals surface area contributed by atoms with Crippen LogP contribution in [0.2, 0.25) is 0 Å². The number of benzene rings is 2. The summed E-state index contributed by atoms with van der Waals surface area (Å²) < 4.78 is 19.5. The maximum Gasteiger partial charge on any atom is 0.295 e. The van der Waals surface area contributed by atoms with Crippen LogP contribution in [0.3, 0.4) is 0 Å². The predicted octanol–water partition coefficient (Wildman–Crippen LogP) is 2.25. The summed E-state index contributed by atoms with van der Waals surface area (Å²) in [5.41, 5.74) is 0.142. The summed E-state index contributed by atoms with van der Waals surface area (Å²) in [6.07, 6.45) is 0. The van der Waals surface area contributed by atoms with E-state index >= 15 is 0 Å². The van der Waals surface area contributed by atoms with Crippen molar-refractivity contribution in [3.8, 4) is 5.75 Å². The second-order valence-corrected chi connectivity index (χ2v) is 5.97. The van der Waals surface area contributed by atoms with Gasteiger partial charge in [0, 0.05) is 17.7 Å². The number of carbonyl (C=O) groups excluding carboxylic acids is 2. The van der Waals surface area contributed by atoms with Gasteiger partial charge >= 0.3 is 0 Å². The smallest absolute Gasteiger partial charge is 0.295 e. The standard InChI is InChI=1S/C20H18FNO5/c1-27-13-8-6-12(7-9-13)18(24)16-17(14-4-2-3-5-15(14)21)22(10-11-23)20(26)19(16)25/h2-9,17,23-24H,10-11H2,1H3/b18-16+/t17-/m1/s1. The van der Waals surface area contributed by atoms with Gasteiger partial charge in [-0.3, -0.25) is 9.59 Å². The Kier molecular flexibility index (Phi) is 5.23. The molecule has 0 radical (unpaired) electrons. The Balaban J connectivity index is 2.18. The summed E-state index contributed by atoms with van der Waals surface area (Å²) in [6, 6.07) is 10.8. The van der Waals surface area contributed by atoms with E-state index in [0.29, 0.717) is 11.3 Å². The van der Waals surface area contributed by atoms with Crippen LogP contribution in [0.1, 0.15) is 17.2 Å². The van der Waals surface area contributed by atoms with Gasteiger partial charge in [-0.25, -0.2) is 4.39 Å². The number of hydrogen-bond donors (Lipinski definition) is 2. The van der Waals surface area contributed by atoms with Crippen molar-refractivity contribution in [2.45, 2.75) is 6.04 Å². The number of aliphatic hydroxyl groups is 2. The van der Waals surface area contributed by atoms with Gasteiger partial charge in [0.2, 0.25) is 0 Å². The number of amides is 1. The van der Waals surface area contributed by atoms with E-state index in [9.17, 15) is 24.2 Å². The molecule has 0 unspecified atom stereocenters. The number of ketones is 1. The Labute approximate surface area is 155 Å². The summed E-state index contributed by atoms with van der Waals surface area (Å²) in [6.45, 7) is -0.566. The first-order chi connectivity index (χ1) is 13.0. The van der Waals surface area contributed by atoms with Gasteiger partial charge in [-0.05, 0) is 30.3 Å². The maximum absolute atomic E-state index is 14.4. The molecule has 1 aliphatic rings. The number of β-amino-alcohol motifs (C(OH)–C–C–N with tert-alkyl or cyclic N) is 1. The summed E-state index contributed by atoms with van der Waals surface area (Å²) >= 11 is 0. The second kappa shape index (κ2) is 7.59. The van der Waals surface area contributed by atoms with Gasteiger partial charge in [0.1, 0.15) is 17.3 Å². The Bertz CT molecular complexity index is 907. The summed E-state index contributed by atoms with van der Waals surface area (Å²) in [5.74, 6) is -2.30. The Morgan fingerprint density at radius 2 is 1.81 bits per heavy atom. The molecule has 0 bridgehead atoms. The van der Waals surface area contributed by atoms with Crippen LogP contribution in [-0.4, -0.2) is 47.1 Å². The minimum Gasteiger partial charge on any atom is -0.507 e. The van der Waals surface area contributed by atoms with Gasteiger partial charge < -0.3 is 19.8 Å². The Morgan fingerprint density at radius 3 is 2.41 bits per heavy atom. The van der Waals surface area contributed by atoms with Crippen molar-refractivity contribution in [2.75, 3.05) is 20.3 Å². The van der Waals surface area contributed by atoms with Crippen molar-refractivity contribution in [3.63, 3.8) is 0 Å². The molecule has 7 heteroatoms. The van der Waals surface area contributed by atoms with Crippen LogP contribution in [0.5, 0.6) is 5.75 Å². The molecule has 0 saturated carbocycles. The van der Waals surface area contributed by atoms with Gasteiger partial charge in [-0.15, -0.1) is 0 Å². The van der Waals surface area contributed by atoms with Crippen LogP contribution in [0.4, 0.5) is 4.39 Å². The SMILES string of the molecule is COc1ccc(/C(O)=C2\C(=O)C(=O)N(CCO)[C@@H]2c2ccccc2F)cc1. The van der Waals surface area contributed by atoms with E-state index in [-0.39, 0.29) is 17.7 Å². The summed E-state index contributed by atoms with van der Waals surface area (Å²) in [7, 11) is 1.49. The largest absolute Gasteiger partial charge is 0.507 e. The Morgan fingerprint density at radius 1 is 1.15 bits per heavy atom. The highest BCUT2D eigenvalue weighted by molar-refractivity contribution is 6.46. The molecule has 1 amide bonds. The zero-order valence-electron chi connectivity index (χ0n) is 14.6. The molecule has 1 heterocycles. The molecule has 2 aromatic rings. The molecule has 1 atom stereocenters. The molecule has 0 spiro atoms. The van der Waals surface area contributed by atoms with Gasteiger partial charge in [-0.1, -0.05) is 18.2 Å². The lowest BCUT2D eigenvalue weighted by molar-refractivity contribution is -0.140. The van der Waals surface area contributed by atoms with E-state index in [1.807, 2.05) is 0 Å². The molecule has 2 N–H and O–H groups in total. The van der Waals surface area contributed by atoms with Gasteiger partial charge in [0.15, 0.2) is 0 Å². The first kappa shape index (κ1) is 18.6. The zero-order chi connectivity index (χ0) is 19.6. The molecular formula is C20H18FNO5. The summed E-state index contributed by atoms with van der Waals surface area (Å²) in [4.78, 5) is 26.1. The third kappa shape index (κ3) is 3.29. The molecular weight excluding hydrogens is 353 g/mol. The highest BCUT2D eigenvalue weighted by atomic mass is 19.1. The van der Waals surface area contributed by atoms with Gasteiger partial charge in [0.25, 0.3) is 11.7 Å². The first-order valence-electron chi connectivity index (χ1n) is 8.27. The van der Waals surface area contributed by atoms with Gasteiger partial charge in [0.05, 0.1) is 25.3 Å². The van der Waals surface area contributed by atoms with Crippen LogP contribution < -0.4 is 4.74 Å². The lowest BCUT2D eigenvalue weighted by Gasteiger charge is -2.24. The molecule has 27 heavy (non-hydrogen) atoms. The number of rotatable bonds is 5. The number of hydrogen-bond acceptors (Lipinski definition) is 5. The molecule has 140 valence electrons. The molecule has 1 aliphatic heterocycles. The highest BCUT2D eigenvalue weighted by Gasteiger charge is 2.46. The van der Waals surface area contributed by atoms with E-state index in [1.54, 1.807) is 18.2 Å². The van der Waals surface area contributed by atoms with Crippen LogP contribution in [0.25, 0.3) is 5.76 Å². The molecule has 2 aromatic carbocycles. The fourth-order valence-electron chi connectivity index (χ4n) is 3.14. The molecule has 1 fully saturated rings. The summed E-state index contributed by atoms with van der Waals surface area (Å²) in [5, 5.41) is 20.0. The molecule has 1 saturated heterocycles. The van der Waals surface area contributed by atoms with Crippen molar-refractivity contribution in [2.24, 2.45) is 0 Å². The second-order valence-electron chi connectivity index (χ2n) is 5.97. The van der Waals surface area contributed by atoms with E-state index in [1.165, 1.54) is 37.4 Å². The van der Waals surface area contributed by atoms with Crippen molar-refractivity contribution >= 4 is 17.4 Å². The third-order valence-corrected chi connectivity index (χ3v) is 4.44. The maximum atomic E-state index is 14.4. The molecule has 0 aromatic heterocycles. The fourth-order valence-corrected chi connectivity index (χ4v) is 3.14. The number of nitrogens with zero attached hydrogens (tertiary/aromatic N) is 1. The monoisotopic (exact) mass is 371 g/mol. The molecule has 0 aliphatic carbocycles. The van der Waals surface area contributed by atoms with Crippen LogP contribution in [-0.2, 0) is 9.59 Å². The normalized spacial score (nSPS) is 18.8. The predicted molar refractivity (Wildman–Crippen MR) is 95.5 cm³/mol. The number of aliphatic hydroxyl groups excluding tert-OH is 2. The Hall–Kier alpha value is -3.19. The van der Waals surface area contributed by atoms with Crippen molar-refractivity contribution in [1.29, 1.82) is 0 Å². The average Bonchev–Trinajstić information content (AvgIpc) is 2.93. The van der Waals surface area contributed by atoms with Crippen LogP contribution in [0, 0.1) is 5.82 Å². The topological polar surface area (TPSA) is 87.1 Å². The lowest BCUT2D eigenvalue weighted by Crippen LogP contribution is -2.32. The minimum absolute atomic E-state index is 0.0696. The van der Waals surface area contributed by atoms with E-state index in [2.05, 4.69) is 0 Å². The number of likely N-dealkylation sites (tertiary alicyclic amines) is 1. The number of halogens is 1. The molecule has 3 rings (SSSR count).